The first-order chi connectivity index (χ1) is 10.8. The van der Waals surface area contributed by atoms with Crippen LogP contribution >= 0.6 is 11.8 Å². The Hall–Kier alpha value is -2.09. The average Bonchev–Trinajstić information content (AvgIpc) is 2.50. The molecule has 0 saturated heterocycles. The number of hydrogen-bond donors (Lipinski definition) is 2. The number of Topliss-reactive ketones (excluding diaryl/α,β-unsaturated/α-hetero) is 1. The first-order valence-electron chi connectivity index (χ1n) is 6.90. The van der Waals surface area contributed by atoms with E-state index in [-0.39, 0.29) is 5.56 Å². The van der Waals surface area contributed by atoms with Gasteiger partial charge in [-0.2, -0.15) is 11.8 Å². The molecule has 0 aliphatic carbocycles. The quantitative estimate of drug-likeness (QED) is 0.554. The van der Waals surface area contributed by atoms with Gasteiger partial charge < -0.3 is 15.8 Å². The SMILES string of the molecule is CSCC[C@@H](NC(N)=O)C(=O)O[C@H](C)C(=O)c1ccc(F)cc1. The van der Waals surface area contributed by atoms with E-state index in [1.54, 1.807) is 0 Å². The molecule has 1 aromatic rings. The molecule has 0 aromatic heterocycles. The van der Waals surface area contributed by atoms with Crippen molar-refractivity contribution in [2.24, 2.45) is 5.73 Å². The summed E-state index contributed by atoms with van der Waals surface area (Å²) in [7, 11) is 0. The number of esters is 1. The molecule has 0 radical (unpaired) electrons. The number of carbonyl (C=O) groups is 3. The van der Waals surface area contributed by atoms with Gasteiger partial charge in [0, 0.05) is 5.56 Å². The molecular formula is C15H19FN2O4S. The van der Waals surface area contributed by atoms with Crippen LogP contribution in [0.1, 0.15) is 23.7 Å². The fourth-order valence-electron chi connectivity index (χ4n) is 1.82. The Labute approximate surface area is 137 Å². The van der Waals surface area contributed by atoms with Crippen LogP contribution in [-0.2, 0) is 9.53 Å². The predicted molar refractivity (Wildman–Crippen MR) is 85.8 cm³/mol. The van der Waals surface area contributed by atoms with Gasteiger partial charge in [0.05, 0.1) is 0 Å². The van der Waals surface area contributed by atoms with Crippen LogP contribution in [0.15, 0.2) is 24.3 Å². The summed E-state index contributed by atoms with van der Waals surface area (Å²) in [5.74, 6) is -1.05. The van der Waals surface area contributed by atoms with Crippen LogP contribution in [0.25, 0.3) is 0 Å². The first kappa shape index (κ1) is 19.0. The molecule has 0 spiro atoms. The molecule has 1 rings (SSSR count). The summed E-state index contributed by atoms with van der Waals surface area (Å²) in [6.45, 7) is 1.42. The Morgan fingerprint density at radius 1 is 1.30 bits per heavy atom. The highest BCUT2D eigenvalue weighted by molar-refractivity contribution is 7.98. The Kier molecular flexibility index (Phi) is 7.53. The summed E-state index contributed by atoms with van der Waals surface area (Å²) in [4.78, 5) is 35.1. The number of thioether (sulfide) groups is 1. The maximum Gasteiger partial charge on any atom is 0.329 e. The summed E-state index contributed by atoms with van der Waals surface area (Å²) >= 11 is 1.50. The minimum absolute atomic E-state index is 0.232. The number of hydrogen-bond acceptors (Lipinski definition) is 5. The Bertz CT molecular complexity index is 565. The van der Waals surface area contributed by atoms with Crippen molar-refractivity contribution in [1.82, 2.24) is 5.32 Å². The zero-order chi connectivity index (χ0) is 17.4. The largest absolute Gasteiger partial charge is 0.453 e. The van der Waals surface area contributed by atoms with Crippen LogP contribution in [-0.4, -0.2) is 41.9 Å². The van der Waals surface area contributed by atoms with E-state index in [0.717, 1.165) is 12.1 Å². The standard InChI is InChI=1S/C15H19FN2O4S/c1-9(13(19)10-3-5-11(16)6-4-10)22-14(20)12(7-8-23-2)18-15(17)21/h3-6,9,12H,7-8H2,1-2H3,(H3,17,18,21)/t9-,12-/m1/s1. The van der Waals surface area contributed by atoms with Gasteiger partial charge in [0.2, 0.25) is 5.78 Å². The second-order valence-electron chi connectivity index (χ2n) is 4.79. The van der Waals surface area contributed by atoms with Crippen molar-refractivity contribution in [3.63, 3.8) is 0 Å². The molecule has 0 bridgehead atoms. The van der Waals surface area contributed by atoms with Crippen molar-refractivity contribution < 1.29 is 23.5 Å². The molecule has 1 aromatic carbocycles. The number of ether oxygens (including phenoxy) is 1. The lowest BCUT2D eigenvalue weighted by molar-refractivity contribution is -0.148. The number of rotatable bonds is 8. The molecule has 0 aliphatic heterocycles. The van der Waals surface area contributed by atoms with E-state index in [1.807, 2.05) is 6.26 Å². The minimum atomic E-state index is -1.06. The van der Waals surface area contributed by atoms with Gasteiger partial charge in [0.1, 0.15) is 11.9 Å². The number of halogens is 1. The lowest BCUT2D eigenvalue weighted by Gasteiger charge is -2.19. The van der Waals surface area contributed by atoms with Gasteiger partial charge in [0.25, 0.3) is 0 Å². The van der Waals surface area contributed by atoms with Crippen LogP contribution in [0.2, 0.25) is 0 Å². The third-order valence-corrected chi connectivity index (χ3v) is 3.65. The van der Waals surface area contributed by atoms with Crippen LogP contribution in [0.5, 0.6) is 0 Å². The molecule has 0 saturated carbocycles. The van der Waals surface area contributed by atoms with Gasteiger partial charge >= 0.3 is 12.0 Å². The maximum absolute atomic E-state index is 12.9. The van der Waals surface area contributed by atoms with Crippen molar-refractivity contribution in [1.29, 1.82) is 0 Å². The van der Waals surface area contributed by atoms with Crippen LogP contribution in [0.3, 0.4) is 0 Å². The minimum Gasteiger partial charge on any atom is -0.453 e. The van der Waals surface area contributed by atoms with E-state index in [4.69, 9.17) is 10.5 Å². The lowest BCUT2D eigenvalue weighted by Crippen LogP contribution is -2.46. The van der Waals surface area contributed by atoms with Crippen LogP contribution in [0, 0.1) is 5.82 Å². The topological polar surface area (TPSA) is 98.5 Å². The van der Waals surface area contributed by atoms with Gasteiger partial charge in [-0.3, -0.25) is 4.79 Å². The molecule has 0 fully saturated rings. The number of benzene rings is 1. The number of amides is 2. The molecule has 6 nitrogen and oxygen atoms in total. The van der Waals surface area contributed by atoms with E-state index in [0.29, 0.717) is 12.2 Å². The number of ketones is 1. The van der Waals surface area contributed by atoms with E-state index < -0.39 is 35.7 Å². The highest BCUT2D eigenvalue weighted by Gasteiger charge is 2.26. The van der Waals surface area contributed by atoms with E-state index in [9.17, 15) is 18.8 Å². The molecule has 23 heavy (non-hydrogen) atoms. The predicted octanol–water partition coefficient (Wildman–Crippen LogP) is 1.73. The van der Waals surface area contributed by atoms with E-state index >= 15 is 0 Å². The normalized spacial score (nSPS) is 13.0. The fraction of sp³-hybridized carbons (Fsp3) is 0.400. The number of nitrogens with two attached hydrogens (primary N) is 1. The highest BCUT2D eigenvalue weighted by Crippen LogP contribution is 2.10. The Balaban J connectivity index is 2.70. The van der Waals surface area contributed by atoms with Gasteiger partial charge in [-0.05, 0) is 49.6 Å². The van der Waals surface area contributed by atoms with Crippen molar-refractivity contribution in [3.8, 4) is 0 Å². The van der Waals surface area contributed by atoms with Gasteiger partial charge in [-0.1, -0.05) is 0 Å². The monoisotopic (exact) mass is 342 g/mol. The molecule has 2 amide bonds. The molecule has 0 unspecified atom stereocenters. The maximum atomic E-state index is 12.9. The molecule has 2 atom stereocenters. The third-order valence-electron chi connectivity index (χ3n) is 3.00. The van der Waals surface area contributed by atoms with Crippen molar-refractivity contribution in [2.45, 2.75) is 25.5 Å². The molecule has 8 heteroatoms. The number of urea groups is 1. The second-order valence-corrected chi connectivity index (χ2v) is 5.78. The molecular weight excluding hydrogens is 323 g/mol. The third kappa shape index (κ3) is 6.27. The summed E-state index contributed by atoms with van der Waals surface area (Å²) in [6, 6.07) is 3.17. The average molecular weight is 342 g/mol. The van der Waals surface area contributed by atoms with Crippen molar-refractivity contribution >= 4 is 29.5 Å². The molecule has 0 heterocycles. The van der Waals surface area contributed by atoms with Gasteiger partial charge in [-0.15, -0.1) is 0 Å². The molecule has 3 N–H and O–H groups in total. The van der Waals surface area contributed by atoms with Crippen LogP contribution < -0.4 is 11.1 Å². The van der Waals surface area contributed by atoms with Gasteiger partial charge in [0.15, 0.2) is 6.10 Å². The summed E-state index contributed by atoms with van der Waals surface area (Å²) < 4.78 is 18.0. The Morgan fingerprint density at radius 2 is 1.91 bits per heavy atom. The molecule has 126 valence electrons. The van der Waals surface area contributed by atoms with Gasteiger partial charge in [-0.25, -0.2) is 14.0 Å². The number of primary amides is 1. The first-order valence-corrected chi connectivity index (χ1v) is 8.29. The van der Waals surface area contributed by atoms with Crippen LogP contribution in [0.4, 0.5) is 9.18 Å². The second kappa shape index (κ2) is 9.14. The number of carbonyl (C=O) groups excluding carboxylic acids is 3. The van der Waals surface area contributed by atoms with Crippen molar-refractivity contribution in [2.75, 3.05) is 12.0 Å². The smallest absolute Gasteiger partial charge is 0.329 e. The summed E-state index contributed by atoms with van der Waals surface area (Å²) in [5.41, 5.74) is 5.26. The number of nitrogens with one attached hydrogen (secondary N) is 1. The highest BCUT2D eigenvalue weighted by atomic mass is 32.2. The fourth-order valence-corrected chi connectivity index (χ4v) is 2.29. The Morgan fingerprint density at radius 3 is 2.43 bits per heavy atom. The van der Waals surface area contributed by atoms with E-state index in [1.165, 1.54) is 30.8 Å². The summed E-state index contributed by atoms with van der Waals surface area (Å²) in [6.07, 6.45) is 1.13. The van der Waals surface area contributed by atoms with Crippen molar-refractivity contribution in [3.05, 3.63) is 35.6 Å². The zero-order valence-corrected chi connectivity index (χ0v) is 13.7. The van der Waals surface area contributed by atoms with E-state index in [2.05, 4.69) is 5.32 Å². The lowest BCUT2D eigenvalue weighted by atomic mass is 10.1. The molecule has 0 aliphatic rings. The zero-order valence-electron chi connectivity index (χ0n) is 12.9. The summed E-state index contributed by atoms with van der Waals surface area (Å²) in [5, 5.41) is 2.30.